The molecule has 0 aliphatic carbocycles. The number of benzene rings is 1. The quantitative estimate of drug-likeness (QED) is 0.789. The van der Waals surface area contributed by atoms with Gasteiger partial charge in [-0.3, -0.25) is 4.79 Å². The van der Waals surface area contributed by atoms with Gasteiger partial charge in [0, 0.05) is 4.88 Å². The van der Waals surface area contributed by atoms with Crippen molar-refractivity contribution >= 4 is 29.0 Å². The standard InChI is InChI=1S/C16H19N3O2S/c1-9(2)7-10-3-5-11(6-4-10)13-8-12(19-16(18)21)14(22-13)15(17)20/h3-6,8-9H,7H2,1-2H3,(H2,17,20)(H3,18,19,21). The fourth-order valence-electron chi connectivity index (χ4n) is 2.22. The highest BCUT2D eigenvalue weighted by Gasteiger charge is 2.16. The van der Waals surface area contributed by atoms with E-state index >= 15 is 0 Å². The normalized spacial score (nSPS) is 10.7. The molecule has 0 spiro atoms. The van der Waals surface area contributed by atoms with Crippen LogP contribution in [0, 0.1) is 5.92 Å². The highest BCUT2D eigenvalue weighted by molar-refractivity contribution is 7.18. The van der Waals surface area contributed by atoms with Crippen LogP contribution in [0.25, 0.3) is 10.4 Å². The molecule has 0 saturated carbocycles. The van der Waals surface area contributed by atoms with Crippen LogP contribution in [0.5, 0.6) is 0 Å². The number of hydrogen-bond donors (Lipinski definition) is 3. The Balaban J connectivity index is 2.32. The van der Waals surface area contributed by atoms with Crippen LogP contribution < -0.4 is 16.8 Å². The lowest BCUT2D eigenvalue weighted by atomic mass is 10.0. The van der Waals surface area contributed by atoms with Crippen LogP contribution in [0.4, 0.5) is 10.5 Å². The first-order valence-corrected chi connectivity index (χ1v) is 7.78. The molecule has 1 heterocycles. The highest BCUT2D eigenvalue weighted by Crippen LogP contribution is 2.34. The Morgan fingerprint density at radius 1 is 1.18 bits per heavy atom. The number of anilines is 1. The number of nitrogens with two attached hydrogens (primary N) is 2. The second kappa shape index (κ2) is 6.62. The zero-order valence-corrected chi connectivity index (χ0v) is 13.4. The number of primary amides is 2. The zero-order valence-electron chi connectivity index (χ0n) is 12.6. The van der Waals surface area contributed by atoms with Gasteiger partial charge in [-0.25, -0.2) is 4.79 Å². The molecule has 1 aromatic carbocycles. The molecule has 0 aliphatic heterocycles. The maximum atomic E-state index is 11.5. The number of carbonyl (C=O) groups excluding carboxylic acids is 2. The lowest BCUT2D eigenvalue weighted by Gasteiger charge is -2.05. The fraction of sp³-hybridized carbons (Fsp3) is 0.250. The van der Waals surface area contributed by atoms with Crippen molar-refractivity contribution in [3.05, 3.63) is 40.8 Å². The smallest absolute Gasteiger partial charge is 0.316 e. The van der Waals surface area contributed by atoms with Gasteiger partial charge in [0.25, 0.3) is 5.91 Å². The Kier molecular flexibility index (Phi) is 4.82. The molecule has 0 unspecified atom stereocenters. The summed E-state index contributed by atoms with van der Waals surface area (Å²) in [5, 5.41) is 2.43. The zero-order chi connectivity index (χ0) is 16.3. The fourth-order valence-corrected chi connectivity index (χ4v) is 3.19. The third kappa shape index (κ3) is 3.85. The average Bonchev–Trinajstić information content (AvgIpc) is 2.82. The van der Waals surface area contributed by atoms with Gasteiger partial charge in [0.2, 0.25) is 0 Å². The van der Waals surface area contributed by atoms with E-state index < -0.39 is 11.9 Å². The number of hydrogen-bond acceptors (Lipinski definition) is 3. The molecule has 5 N–H and O–H groups in total. The molecule has 2 aromatic rings. The van der Waals surface area contributed by atoms with Gasteiger partial charge in [-0.1, -0.05) is 38.1 Å². The van der Waals surface area contributed by atoms with Gasteiger partial charge in [-0.05, 0) is 29.5 Å². The summed E-state index contributed by atoms with van der Waals surface area (Å²) in [4.78, 5) is 23.6. The van der Waals surface area contributed by atoms with Crippen LogP contribution >= 0.6 is 11.3 Å². The van der Waals surface area contributed by atoms with Crippen LogP contribution in [-0.2, 0) is 6.42 Å². The van der Waals surface area contributed by atoms with E-state index in [2.05, 4.69) is 31.3 Å². The summed E-state index contributed by atoms with van der Waals surface area (Å²) in [6.07, 6.45) is 1.02. The minimum atomic E-state index is -0.723. The monoisotopic (exact) mass is 317 g/mol. The van der Waals surface area contributed by atoms with Crippen molar-refractivity contribution in [2.45, 2.75) is 20.3 Å². The van der Waals surface area contributed by atoms with Crippen molar-refractivity contribution in [1.29, 1.82) is 0 Å². The first-order chi connectivity index (χ1) is 10.4. The maximum absolute atomic E-state index is 11.5. The molecule has 0 atom stereocenters. The van der Waals surface area contributed by atoms with Crippen LogP contribution in [0.1, 0.15) is 29.1 Å². The summed E-state index contributed by atoms with van der Waals surface area (Å²) >= 11 is 1.24. The molecule has 22 heavy (non-hydrogen) atoms. The van der Waals surface area contributed by atoms with E-state index in [1.165, 1.54) is 16.9 Å². The van der Waals surface area contributed by atoms with Gasteiger partial charge < -0.3 is 16.8 Å². The minimum absolute atomic E-state index is 0.292. The molecule has 0 aliphatic rings. The summed E-state index contributed by atoms with van der Waals surface area (Å²) in [5.41, 5.74) is 13.0. The number of amides is 3. The molecule has 3 amide bonds. The van der Waals surface area contributed by atoms with Gasteiger partial charge >= 0.3 is 6.03 Å². The Hall–Kier alpha value is -2.34. The van der Waals surface area contributed by atoms with Crippen LogP contribution in [0.15, 0.2) is 30.3 Å². The Morgan fingerprint density at radius 3 is 2.32 bits per heavy atom. The summed E-state index contributed by atoms with van der Waals surface area (Å²) in [6, 6.07) is 9.14. The Bertz CT molecular complexity index is 690. The predicted octanol–water partition coefficient (Wildman–Crippen LogP) is 3.20. The van der Waals surface area contributed by atoms with Crippen molar-refractivity contribution in [3.8, 4) is 10.4 Å². The predicted molar refractivity (Wildman–Crippen MR) is 90.0 cm³/mol. The Labute approximate surface area is 133 Å². The van der Waals surface area contributed by atoms with E-state index in [-0.39, 0.29) is 0 Å². The van der Waals surface area contributed by atoms with Crippen molar-refractivity contribution in [1.82, 2.24) is 0 Å². The highest BCUT2D eigenvalue weighted by atomic mass is 32.1. The van der Waals surface area contributed by atoms with E-state index in [9.17, 15) is 9.59 Å². The van der Waals surface area contributed by atoms with Gasteiger partial charge in [-0.15, -0.1) is 11.3 Å². The van der Waals surface area contributed by atoms with Crippen molar-refractivity contribution in [2.24, 2.45) is 17.4 Å². The summed E-state index contributed by atoms with van der Waals surface area (Å²) in [6.45, 7) is 4.35. The van der Waals surface area contributed by atoms with Crippen LogP contribution in [-0.4, -0.2) is 11.9 Å². The average molecular weight is 317 g/mol. The molecule has 0 saturated heterocycles. The van der Waals surface area contributed by atoms with Crippen molar-refractivity contribution in [3.63, 3.8) is 0 Å². The second-order valence-electron chi connectivity index (χ2n) is 5.50. The van der Waals surface area contributed by atoms with E-state index in [1.54, 1.807) is 6.07 Å². The largest absolute Gasteiger partial charge is 0.365 e. The molecular formula is C16H19N3O2S. The molecule has 6 heteroatoms. The SMILES string of the molecule is CC(C)Cc1ccc(-c2cc(NC(N)=O)c(C(N)=O)s2)cc1. The van der Waals surface area contributed by atoms with Gasteiger partial charge in [-0.2, -0.15) is 0 Å². The van der Waals surface area contributed by atoms with Crippen LogP contribution in [0.3, 0.4) is 0 Å². The van der Waals surface area contributed by atoms with Gasteiger partial charge in [0.15, 0.2) is 0 Å². The summed E-state index contributed by atoms with van der Waals surface area (Å²) in [5.74, 6) is 0.0110. The lowest BCUT2D eigenvalue weighted by molar-refractivity contribution is 0.100. The van der Waals surface area contributed by atoms with Crippen LogP contribution in [0.2, 0.25) is 0 Å². The molecule has 0 radical (unpaired) electrons. The number of urea groups is 1. The van der Waals surface area contributed by atoms with E-state index in [0.29, 0.717) is 16.5 Å². The van der Waals surface area contributed by atoms with Gasteiger partial charge in [0.05, 0.1) is 5.69 Å². The summed E-state index contributed by atoms with van der Waals surface area (Å²) in [7, 11) is 0. The second-order valence-corrected chi connectivity index (χ2v) is 6.55. The third-order valence-corrected chi connectivity index (χ3v) is 4.29. The maximum Gasteiger partial charge on any atom is 0.316 e. The first-order valence-electron chi connectivity index (χ1n) is 6.96. The van der Waals surface area contributed by atoms with Crippen molar-refractivity contribution < 1.29 is 9.59 Å². The van der Waals surface area contributed by atoms with Gasteiger partial charge in [0.1, 0.15) is 4.88 Å². The topological polar surface area (TPSA) is 98.2 Å². The number of thiophene rings is 1. The molecular weight excluding hydrogens is 298 g/mol. The molecule has 5 nitrogen and oxygen atoms in total. The molecule has 1 aromatic heterocycles. The van der Waals surface area contributed by atoms with E-state index in [4.69, 9.17) is 11.5 Å². The third-order valence-electron chi connectivity index (χ3n) is 3.10. The molecule has 0 bridgehead atoms. The molecule has 116 valence electrons. The molecule has 2 rings (SSSR count). The Morgan fingerprint density at radius 2 is 1.82 bits per heavy atom. The van der Waals surface area contributed by atoms with E-state index in [1.807, 2.05) is 12.1 Å². The number of nitrogens with one attached hydrogen (secondary N) is 1. The number of carbonyl (C=O) groups is 2. The minimum Gasteiger partial charge on any atom is -0.365 e. The molecule has 0 fully saturated rings. The summed E-state index contributed by atoms with van der Waals surface area (Å²) < 4.78 is 0. The van der Waals surface area contributed by atoms with E-state index in [0.717, 1.165) is 16.9 Å². The first kappa shape index (κ1) is 16.0. The number of rotatable bonds is 5. The van der Waals surface area contributed by atoms with Crippen molar-refractivity contribution in [2.75, 3.05) is 5.32 Å². The lowest BCUT2D eigenvalue weighted by Crippen LogP contribution is -2.21.